The van der Waals surface area contributed by atoms with Crippen LogP contribution in [0.25, 0.3) is 0 Å². The lowest BCUT2D eigenvalue weighted by Crippen LogP contribution is -2.60. The van der Waals surface area contributed by atoms with Gasteiger partial charge in [0.2, 0.25) is 5.91 Å². The molecule has 2 N–H and O–H groups in total. The Morgan fingerprint density at radius 3 is 3.12 bits per heavy atom. The number of hydrogen-bond acceptors (Lipinski definition) is 5. The van der Waals surface area contributed by atoms with E-state index in [-0.39, 0.29) is 11.4 Å². The fraction of sp³-hybridized carbons (Fsp3) is 0.632. The van der Waals surface area contributed by atoms with Gasteiger partial charge in [-0.05, 0) is 30.7 Å². The molecule has 0 saturated carbocycles. The van der Waals surface area contributed by atoms with Crippen LogP contribution < -0.4 is 15.4 Å². The summed E-state index contributed by atoms with van der Waals surface area (Å²) in [6.07, 6.45) is 0.994. The van der Waals surface area contributed by atoms with Crippen molar-refractivity contribution in [3.8, 4) is 5.75 Å². The molecule has 0 aromatic heterocycles. The molecular weight excluding hydrogens is 318 g/mol. The summed E-state index contributed by atoms with van der Waals surface area (Å²) in [5, 5.41) is 6.73. The second-order valence-electron chi connectivity index (χ2n) is 7.15. The van der Waals surface area contributed by atoms with Crippen LogP contribution in [0.2, 0.25) is 0 Å². The van der Waals surface area contributed by atoms with E-state index >= 15 is 0 Å². The monoisotopic (exact) mass is 347 g/mol. The molecule has 1 aromatic rings. The molecule has 0 bridgehead atoms. The van der Waals surface area contributed by atoms with Crippen LogP contribution in [-0.4, -0.2) is 62.8 Å². The SMILES string of the molecule is COCCOc1cccc(CN2C[C@H]3CNCC[C@@]3(NC(C)=O)C2)c1. The third kappa shape index (κ3) is 4.51. The molecule has 0 radical (unpaired) electrons. The summed E-state index contributed by atoms with van der Waals surface area (Å²) >= 11 is 0. The maximum atomic E-state index is 11.7. The number of likely N-dealkylation sites (tertiary alicyclic amines) is 1. The van der Waals surface area contributed by atoms with Crippen LogP contribution in [0.15, 0.2) is 24.3 Å². The zero-order valence-electron chi connectivity index (χ0n) is 15.2. The second kappa shape index (κ2) is 8.17. The number of carbonyl (C=O) groups is 1. The van der Waals surface area contributed by atoms with Crippen LogP contribution in [0.5, 0.6) is 5.75 Å². The van der Waals surface area contributed by atoms with E-state index in [0.717, 1.165) is 44.9 Å². The van der Waals surface area contributed by atoms with Gasteiger partial charge >= 0.3 is 0 Å². The topological polar surface area (TPSA) is 62.8 Å². The number of piperidine rings is 1. The van der Waals surface area contributed by atoms with Crippen molar-refractivity contribution in [2.45, 2.75) is 25.4 Å². The lowest BCUT2D eigenvalue weighted by atomic mass is 9.81. The Balaban J connectivity index is 1.63. The molecule has 2 heterocycles. The molecule has 2 aliphatic rings. The number of methoxy groups -OCH3 is 1. The first-order chi connectivity index (χ1) is 12.1. The molecule has 1 aromatic carbocycles. The highest BCUT2D eigenvalue weighted by Crippen LogP contribution is 2.33. The minimum absolute atomic E-state index is 0.0716. The van der Waals surface area contributed by atoms with E-state index in [1.165, 1.54) is 5.56 Å². The number of rotatable bonds is 7. The fourth-order valence-electron chi connectivity index (χ4n) is 4.12. The third-order valence-corrected chi connectivity index (χ3v) is 5.19. The standard InChI is InChI=1S/C19H29N3O3/c1-15(23)21-19-6-7-20-11-17(19)13-22(14-19)12-16-4-3-5-18(10-16)25-9-8-24-2/h3-5,10,17,20H,6-9,11-14H2,1-2H3,(H,21,23)/t17-,19-/m1/s1. The smallest absolute Gasteiger partial charge is 0.217 e. The van der Waals surface area contributed by atoms with Gasteiger partial charge in [-0.15, -0.1) is 0 Å². The van der Waals surface area contributed by atoms with Crippen molar-refractivity contribution in [2.75, 3.05) is 46.5 Å². The third-order valence-electron chi connectivity index (χ3n) is 5.19. The highest BCUT2D eigenvalue weighted by atomic mass is 16.5. The Bertz CT molecular complexity index is 595. The average Bonchev–Trinajstić information content (AvgIpc) is 2.92. The molecule has 2 atom stereocenters. The molecule has 2 aliphatic heterocycles. The van der Waals surface area contributed by atoms with Crippen molar-refractivity contribution < 1.29 is 14.3 Å². The van der Waals surface area contributed by atoms with Gasteiger partial charge in [0.1, 0.15) is 12.4 Å². The molecule has 2 fully saturated rings. The predicted molar refractivity (Wildman–Crippen MR) is 96.6 cm³/mol. The molecule has 3 rings (SSSR count). The van der Waals surface area contributed by atoms with Crippen LogP contribution in [0.1, 0.15) is 18.9 Å². The summed E-state index contributed by atoms with van der Waals surface area (Å²) in [5.41, 5.74) is 1.16. The van der Waals surface area contributed by atoms with E-state index in [2.05, 4.69) is 27.7 Å². The number of hydrogen-bond donors (Lipinski definition) is 2. The van der Waals surface area contributed by atoms with Gasteiger partial charge in [-0.2, -0.15) is 0 Å². The summed E-state index contributed by atoms with van der Waals surface area (Å²) < 4.78 is 10.7. The Kier molecular flexibility index (Phi) is 5.93. The molecular formula is C19H29N3O3. The number of nitrogens with one attached hydrogen (secondary N) is 2. The van der Waals surface area contributed by atoms with Crippen molar-refractivity contribution in [3.05, 3.63) is 29.8 Å². The Morgan fingerprint density at radius 1 is 1.44 bits per heavy atom. The van der Waals surface area contributed by atoms with Crippen molar-refractivity contribution >= 4 is 5.91 Å². The Labute approximate surface area is 149 Å². The van der Waals surface area contributed by atoms with Gasteiger partial charge in [0.25, 0.3) is 0 Å². The molecule has 0 aliphatic carbocycles. The minimum Gasteiger partial charge on any atom is -0.491 e. The van der Waals surface area contributed by atoms with Crippen molar-refractivity contribution in [3.63, 3.8) is 0 Å². The maximum absolute atomic E-state index is 11.7. The van der Waals surface area contributed by atoms with Gasteiger partial charge in [-0.1, -0.05) is 12.1 Å². The first-order valence-corrected chi connectivity index (χ1v) is 9.04. The van der Waals surface area contributed by atoms with E-state index in [1.807, 2.05) is 12.1 Å². The van der Waals surface area contributed by atoms with E-state index in [4.69, 9.17) is 9.47 Å². The zero-order chi connectivity index (χ0) is 17.7. The molecule has 6 heteroatoms. The van der Waals surface area contributed by atoms with Crippen molar-refractivity contribution in [1.82, 2.24) is 15.5 Å². The molecule has 6 nitrogen and oxygen atoms in total. The lowest BCUT2D eigenvalue weighted by Gasteiger charge is -2.39. The van der Waals surface area contributed by atoms with Gasteiger partial charge in [0.15, 0.2) is 0 Å². The maximum Gasteiger partial charge on any atom is 0.217 e. The summed E-state index contributed by atoms with van der Waals surface area (Å²) in [5.74, 6) is 1.41. The Morgan fingerprint density at radius 2 is 2.32 bits per heavy atom. The quantitative estimate of drug-likeness (QED) is 0.721. The number of ether oxygens (including phenoxy) is 2. The number of nitrogens with zero attached hydrogens (tertiary/aromatic N) is 1. The molecule has 0 spiro atoms. The van der Waals surface area contributed by atoms with Crippen LogP contribution >= 0.6 is 0 Å². The highest BCUT2D eigenvalue weighted by molar-refractivity contribution is 5.74. The van der Waals surface area contributed by atoms with Crippen LogP contribution in [0, 0.1) is 5.92 Å². The van der Waals surface area contributed by atoms with Gasteiger partial charge in [0.05, 0.1) is 12.1 Å². The Hall–Kier alpha value is -1.63. The lowest BCUT2D eigenvalue weighted by molar-refractivity contribution is -0.121. The molecule has 1 amide bonds. The zero-order valence-corrected chi connectivity index (χ0v) is 15.2. The largest absolute Gasteiger partial charge is 0.491 e. The predicted octanol–water partition coefficient (Wildman–Crippen LogP) is 1.01. The molecule has 25 heavy (non-hydrogen) atoms. The fourth-order valence-corrected chi connectivity index (χ4v) is 4.12. The van der Waals surface area contributed by atoms with Crippen LogP contribution in [0.3, 0.4) is 0 Å². The van der Waals surface area contributed by atoms with E-state index in [0.29, 0.717) is 19.1 Å². The van der Waals surface area contributed by atoms with Gasteiger partial charge < -0.3 is 20.1 Å². The average molecular weight is 347 g/mol. The number of benzene rings is 1. The van der Waals surface area contributed by atoms with Crippen LogP contribution in [-0.2, 0) is 16.1 Å². The first kappa shape index (κ1) is 18.2. The number of carbonyl (C=O) groups excluding carboxylic acids is 1. The van der Waals surface area contributed by atoms with E-state index in [1.54, 1.807) is 14.0 Å². The number of fused-ring (bicyclic) bond motifs is 1. The normalized spacial score (nSPS) is 26.2. The van der Waals surface area contributed by atoms with E-state index < -0.39 is 0 Å². The minimum atomic E-state index is -0.0797. The molecule has 138 valence electrons. The van der Waals surface area contributed by atoms with Crippen molar-refractivity contribution in [1.29, 1.82) is 0 Å². The molecule has 2 saturated heterocycles. The second-order valence-corrected chi connectivity index (χ2v) is 7.15. The molecule has 0 unspecified atom stereocenters. The number of amides is 1. The summed E-state index contributed by atoms with van der Waals surface area (Å²) in [7, 11) is 1.67. The van der Waals surface area contributed by atoms with Gasteiger partial charge in [-0.3, -0.25) is 9.69 Å². The van der Waals surface area contributed by atoms with Gasteiger partial charge in [-0.25, -0.2) is 0 Å². The van der Waals surface area contributed by atoms with Gasteiger partial charge in [0, 0.05) is 46.1 Å². The first-order valence-electron chi connectivity index (χ1n) is 9.04. The summed E-state index contributed by atoms with van der Waals surface area (Å²) in [4.78, 5) is 14.2. The summed E-state index contributed by atoms with van der Waals surface area (Å²) in [6, 6.07) is 8.24. The van der Waals surface area contributed by atoms with Crippen molar-refractivity contribution in [2.24, 2.45) is 5.92 Å². The summed E-state index contributed by atoms with van der Waals surface area (Å²) in [6.45, 7) is 7.49. The highest BCUT2D eigenvalue weighted by Gasteiger charge is 2.48. The van der Waals surface area contributed by atoms with E-state index in [9.17, 15) is 4.79 Å². The van der Waals surface area contributed by atoms with Crippen LogP contribution in [0.4, 0.5) is 0 Å².